The fraction of sp³-hybridized carbons (Fsp3) is 0. The van der Waals surface area contributed by atoms with Crippen LogP contribution < -0.4 is 11.5 Å². The lowest BCUT2D eigenvalue weighted by Crippen LogP contribution is -1.92. The molecule has 0 aromatic heterocycles. The number of benzene rings is 1. The highest BCUT2D eigenvalue weighted by Crippen LogP contribution is 2.24. The molecule has 1 aromatic carbocycles. The number of nitrogens with two attached hydrogens (primary N) is 1. The monoisotopic (exact) mass is 152 g/mol. The minimum atomic E-state index is -0.626. The van der Waals surface area contributed by atoms with Gasteiger partial charge in [-0.15, -0.1) is 0 Å². The maximum Gasteiger partial charge on any atom is 0.296 e. The summed E-state index contributed by atoms with van der Waals surface area (Å²) in [5.41, 5.74) is 12.3. The quantitative estimate of drug-likeness (QED) is 0.370. The molecule has 1 rings (SSSR count). The van der Waals surface area contributed by atoms with Crippen LogP contribution in [0.3, 0.4) is 0 Å². The Kier molecular flexibility index (Phi) is 1.63. The Hall–Kier alpha value is -1.78. The van der Waals surface area contributed by atoms with Gasteiger partial charge >= 0.3 is 0 Å². The molecule has 0 saturated carbocycles. The predicted molar refractivity (Wildman–Crippen MR) is 40.3 cm³/mol. The van der Waals surface area contributed by atoms with Crippen LogP contribution in [0.2, 0.25) is 0 Å². The second-order valence-corrected chi connectivity index (χ2v) is 2.03. The van der Waals surface area contributed by atoms with Crippen LogP contribution in [0.25, 0.3) is 0 Å². The van der Waals surface area contributed by atoms with Crippen molar-refractivity contribution in [2.75, 3.05) is 5.73 Å². The Bertz CT molecular complexity index is 298. The smallest absolute Gasteiger partial charge is 0.296 e. The van der Waals surface area contributed by atoms with Gasteiger partial charge in [0.25, 0.3) is 5.69 Å². The lowest BCUT2D eigenvalue weighted by atomic mass is 10.2. The van der Waals surface area contributed by atoms with Gasteiger partial charge < -0.3 is 5.73 Å². The molecule has 0 atom stereocenters. The van der Waals surface area contributed by atoms with E-state index in [9.17, 15) is 10.1 Å². The summed E-state index contributed by atoms with van der Waals surface area (Å²) < 4.78 is 0. The van der Waals surface area contributed by atoms with Crippen LogP contribution in [0.4, 0.5) is 17.1 Å². The van der Waals surface area contributed by atoms with Crippen molar-refractivity contribution in [3.05, 3.63) is 28.3 Å². The molecule has 0 aliphatic rings. The summed E-state index contributed by atoms with van der Waals surface area (Å²) in [7, 11) is 0. The van der Waals surface area contributed by atoms with Gasteiger partial charge in [0.2, 0.25) is 0 Å². The van der Waals surface area contributed by atoms with E-state index in [1.165, 1.54) is 18.2 Å². The minimum Gasteiger partial charge on any atom is -0.399 e. The van der Waals surface area contributed by atoms with Gasteiger partial charge in [0.1, 0.15) is 5.69 Å². The summed E-state index contributed by atoms with van der Waals surface area (Å²) in [5, 5.41) is 10.2. The van der Waals surface area contributed by atoms with Crippen molar-refractivity contribution < 1.29 is 4.92 Å². The van der Waals surface area contributed by atoms with Crippen LogP contribution in [-0.2, 0) is 0 Å². The molecular weight excluding hydrogens is 146 g/mol. The Morgan fingerprint density at radius 1 is 1.55 bits per heavy atom. The topological polar surface area (TPSA) is 93.0 Å². The van der Waals surface area contributed by atoms with Gasteiger partial charge in [0.05, 0.1) is 4.92 Å². The zero-order valence-corrected chi connectivity index (χ0v) is 5.57. The van der Waals surface area contributed by atoms with E-state index in [1.807, 2.05) is 0 Å². The molecule has 11 heavy (non-hydrogen) atoms. The van der Waals surface area contributed by atoms with Gasteiger partial charge in [-0.25, -0.2) is 0 Å². The van der Waals surface area contributed by atoms with E-state index in [4.69, 9.17) is 11.5 Å². The molecule has 0 unspecified atom stereocenters. The molecule has 57 valence electrons. The van der Waals surface area contributed by atoms with Gasteiger partial charge in [-0.3, -0.25) is 15.8 Å². The highest BCUT2D eigenvalue weighted by molar-refractivity contribution is 5.61. The van der Waals surface area contributed by atoms with E-state index < -0.39 is 4.92 Å². The van der Waals surface area contributed by atoms with E-state index >= 15 is 0 Å². The highest BCUT2D eigenvalue weighted by atomic mass is 16.6. The molecular formula is C6H6N3O2. The first-order valence-electron chi connectivity index (χ1n) is 2.87. The lowest BCUT2D eigenvalue weighted by molar-refractivity contribution is -0.384. The zero-order valence-electron chi connectivity index (χ0n) is 5.57. The van der Waals surface area contributed by atoms with Gasteiger partial charge in [0.15, 0.2) is 0 Å². The molecule has 0 heterocycles. The van der Waals surface area contributed by atoms with Crippen molar-refractivity contribution in [1.82, 2.24) is 5.73 Å². The van der Waals surface area contributed by atoms with E-state index in [-0.39, 0.29) is 11.4 Å². The first-order chi connectivity index (χ1) is 5.11. The number of hydrogen-bond donors (Lipinski definition) is 1. The first kappa shape index (κ1) is 7.33. The molecule has 0 spiro atoms. The molecule has 5 nitrogen and oxygen atoms in total. The lowest BCUT2D eigenvalue weighted by Gasteiger charge is -1.95. The minimum absolute atomic E-state index is 0.121. The van der Waals surface area contributed by atoms with Crippen LogP contribution in [0.5, 0.6) is 0 Å². The molecule has 0 fully saturated rings. The van der Waals surface area contributed by atoms with Crippen molar-refractivity contribution in [2.45, 2.75) is 0 Å². The van der Waals surface area contributed by atoms with Gasteiger partial charge in [-0.2, -0.15) is 0 Å². The SMILES string of the molecule is [NH]c1ccc(N)cc1[N+](=O)[O-]. The number of hydrogen-bond acceptors (Lipinski definition) is 3. The van der Waals surface area contributed by atoms with Gasteiger partial charge in [-0.05, 0) is 12.1 Å². The molecule has 0 amide bonds. The second-order valence-electron chi connectivity index (χ2n) is 2.03. The third-order valence-corrected chi connectivity index (χ3v) is 1.22. The average molecular weight is 152 g/mol. The third kappa shape index (κ3) is 1.37. The van der Waals surface area contributed by atoms with E-state index in [2.05, 4.69) is 0 Å². The second kappa shape index (κ2) is 2.45. The number of nitrogen functional groups attached to an aromatic ring is 1. The summed E-state index contributed by atoms with van der Waals surface area (Å²) in [5.74, 6) is 0. The van der Waals surface area contributed by atoms with Crippen molar-refractivity contribution >= 4 is 17.1 Å². The van der Waals surface area contributed by atoms with Crippen LogP contribution in [0.1, 0.15) is 0 Å². The Morgan fingerprint density at radius 2 is 2.18 bits per heavy atom. The molecule has 0 saturated heterocycles. The number of nitrogens with one attached hydrogen (secondary N) is 1. The molecule has 1 radical (unpaired) electrons. The average Bonchev–Trinajstić information content (AvgIpc) is 1.94. The van der Waals surface area contributed by atoms with Crippen LogP contribution in [0.15, 0.2) is 18.2 Å². The fourth-order valence-electron chi connectivity index (χ4n) is 0.700. The Morgan fingerprint density at radius 3 is 2.64 bits per heavy atom. The highest BCUT2D eigenvalue weighted by Gasteiger charge is 2.10. The summed E-state index contributed by atoms with van der Waals surface area (Å²) in [6.45, 7) is 0. The van der Waals surface area contributed by atoms with Crippen LogP contribution >= 0.6 is 0 Å². The fourth-order valence-corrected chi connectivity index (χ4v) is 0.700. The van der Waals surface area contributed by atoms with Crippen molar-refractivity contribution in [2.24, 2.45) is 0 Å². The summed E-state index contributed by atoms with van der Waals surface area (Å²) in [6, 6.07) is 3.92. The Balaban J connectivity index is 3.23. The normalized spacial score (nSPS) is 9.45. The Labute approximate surface area is 62.8 Å². The van der Waals surface area contributed by atoms with Crippen LogP contribution in [-0.4, -0.2) is 4.92 Å². The van der Waals surface area contributed by atoms with Crippen molar-refractivity contribution in [1.29, 1.82) is 0 Å². The summed E-state index contributed by atoms with van der Waals surface area (Å²) in [6.07, 6.45) is 0. The predicted octanol–water partition coefficient (Wildman–Crippen LogP) is 1.09. The maximum atomic E-state index is 10.2. The van der Waals surface area contributed by atoms with Gasteiger partial charge in [0, 0.05) is 11.8 Å². The molecule has 0 aliphatic heterocycles. The molecule has 5 heteroatoms. The van der Waals surface area contributed by atoms with Crippen molar-refractivity contribution in [3.8, 4) is 0 Å². The standard InChI is InChI=1S/C6H6N3O2/c7-4-1-2-5(8)6(3-4)9(10)11/h1-3,8H,7H2. The van der Waals surface area contributed by atoms with Crippen LogP contribution in [0, 0.1) is 10.1 Å². The zero-order chi connectivity index (χ0) is 8.43. The number of nitro benzene ring substituents is 1. The summed E-state index contributed by atoms with van der Waals surface area (Å²) in [4.78, 5) is 9.58. The summed E-state index contributed by atoms with van der Waals surface area (Å²) >= 11 is 0. The van der Waals surface area contributed by atoms with E-state index in [1.54, 1.807) is 0 Å². The van der Waals surface area contributed by atoms with Crippen molar-refractivity contribution in [3.63, 3.8) is 0 Å². The molecule has 0 aliphatic carbocycles. The van der Waals surface area contributed by atoms with Gasteiger partial charge in [-0.1, -0.05) is 0 Å². The first-order valence-corrected chi connectivity index (χ1v) is 2.87. The third-order valence-electron chi connectivity index (χ3n) is 1.22. The molecule has 1 aromatic rings. The molecule has 3 N–H and O–H groups in total. The largest absolute Gasteiger partial charge is 0.399 e. The number of nitro groups is 1. The van der Waals surface area contributed by atoms with E-state index in [0.29, 0.717) is 5.69 Å². The number of rotatable bonds is 1. The molecule has 0 bridgehead atoms. The maximum absolute atomic E-state index is 10.2. The number of nitrogens with zero attached hydrogens (tertiary/aromatic N) is 1. The van der Waals surface area contributed by atoms with E-state index in [0.717, 1.165) is 0 Å². The number of anilines is 1.